The summed E-state index contributed by atoms with van der Waals surface area (Å²) in [7, 11) is 3.62. The van der Waals surface area contributed by atoms with Gasteiger partial charge in [0.15, 0.2) is 5.96 Å². The lowest BCUT2D eigenvalue weighted by Gasteiger charge is -2.32. The van der Waals surface area contributed by atoms with E-state index >= 15 is 0 Å². The van der Waals surface area contributed by atoms with Gasteiger partial charge in [-0.25, -0.2) is 0 Å². The highest BCUT2D eigenvalue weighted by Crippen LogP contribution is 2.16. The third kappa shape index (κ3) is 7.46. The van der Waals surface area contributed by atoms with Crippen molar-refractivity contribution in [2.24, 2.45) is 10.9 Å². The van der Waals surface area contributed by atoms with Gasteiger partial charge in [-0.1, -0.05) is 18.2 Å². The summed E-state index contributed by atoms with van der Waals surface area (Å²) in [6, 6.07) is 10.7. The number of benzene rings is 1. The van der Waals surface area contributed by atoms with Crippen LogP contribution in [0.3, 0.4) is 0 Å². The number of rotatable bonds is 9. The van der Waals surface area contributed by atoms with Crippen molar-refractivity contribution in [3.63, 3.8) is 0 Å². The Labute approximate surface area is 192 Å². The van der Waals surface area contributed by atoms with Crippen LogP contribution in [0.4, 0.5) is 0 Å². The van der Waals surface area contributed by atoms with E-state index in [1.54, 1.807) is 7.11 Å². The Bertz CT molecular complexity index is 740. The predicted octanol–water partition coefficient (Wildman–Crippen LogP) is 3.17. The van der Waals surface area contributed by atoms with Crippen molar-refractivity contribution in [1.82, 2.24) is 20.1 Å². The van der Waals surface area contributed by atoms with Crippen molar-refractivity contribution in [2.75, 3.05) is 53.5 Å². The van der Waals surface area contributed by atoms with Crippen LogP contribution >= 0.6 is 24.0 Å². The first kappa shape index (κ1) is 24.0. The monoisotopic (exact) mass is 513 g/mol. The van der Waals surface area contributed by atoms with E-state index in [4.69, 9.17) is 4.74 Å². The summed E-state index contributed by atoms with van der Waals surface area (Å²) in [6.45, 7) is 7.16. The molecule has 162 valence electrons. The van der Waals surface area contributed by atoms with Crippen LogP contribution in [0.2, 0.25) is 0 Å². The number of likely N-dealkylation sites (tertiary alicyclic amines) is 1. The molecular formula is C22H36IN5O. The number of nitrogens with zero attached hydrogens (tertiary/aromatic N) is 3. The second kappa shape index (κ2) is 13.1. The summed E-state index contributed by atoms with van der Waals surface area (Å²) in [5.41, 5.74) is 1.31. The minimum Gasteiger partial charge on any atom is -0.383 e. The number of piperidine rings is 1. The minimum atomic E-state index is 0. The number of methoxy groups -OCH3 is 1. The predicted molar refractivity (Wildman–Crippen MR) is 132 cm³/mol. The number of hydrogen-bond donors (Lipinski definition) is 2. The first-order chi connectivity index (χ1) is 13.8. The molecule has 7 heteroatoms. The zero-order chi connectivity index (χ0) is 19.6. The lowest BCUT2D eigenvalue weighted by Crippen LogP contribution is -2.43. The largest absolute Gasteiger partial charge is 0.383 e. The number of ether oxygens (including phenoxy) is 1. The molecule has 0 bridgehead atoms. The quantitative estimate of drug-likeness (QED) is 0.234. The molecule has 1 aromatic heterocycles. The topological polar surface area (TPSA) is 53.8 Å². The molecule has 0 amide bonds. The number of hydrogen-bond acceptors (Lipinski definition) is 3. The molecule has 1 fully saturated rings. The van der Waals surface area contributed by atoms with Gasteiger partial charge in [0.05, 0.1) is 6.61 Å². The van der Waals surface area contributed by atoms with Crippen LogP contribution in [0.25, 0.3) is 10.9 Å². The number of aliphatic imine (C=N–C) groups is 1. The molecule has 6 nitrogen and oxygen atoms in total. The Kier molecular flexibility index (Phi) is 10.8. The molecule has 0 unspecified atom stereocenters. The fourth-order valence-corrected chi connectivity index (χ4v) is 3.89. The molecule has 1 aliphatic heterocycles. The van der Waals surface area contributed by atoms with Crippen molar-refractivity contribution in [3.8, 4) is 0 Å². The molecule has 3 rings (SSSR count). The normalized spacial score (nSPS) is 16.0. The number of fused-ring (bicyclic) bond motifs is 1. The molecule has 2 heterocycles. The molecule has 0 spiro atoms. The van der Waals surface area contributed by atoms with Crippen molar-refractivity contribution in [3.05, 3.63) is 36.5 Å². The van der Waals surface area contributed by atoms with Crippen LogP contribution < -0.4 is 10.6 Å². The van der Waals surface area contributed by atoms with E-state index in [2.05, 4.69) is 61.6 Å². The van der Waals surface area contributed by atoms with Gasteiger partial charge in [0.25, 0.3) is 0 Å². The van der Waals surface area contributed by atoms with Crippen molar-refractivity contribution in [2.45, 2.75) is 25.8 Å². The molecule has 0 saturated carbocycles. The molecule has 1 aliphatic rings. The molecule has 1 saturated heterocycles. The fourth-order valence-electron chi connectivity index (χ4n) is 3.89. The van der Waals surface area contributed by atoms with Crippen LogP contribution in [0.1, 0.15) is 19.3 Å². The van der Waals surface area contributed by atoms with Crippen molar-refractivity contribution in [1.29, 1.82) is 0 Å². The molecule has 2 N–H and O–H groups in total. The van der Waals surface area contributed by atoms with Gasteiger partial charge < -0.3 is 24.8 Å². The van der Waals surface area contributed by atoms with E-state index in [0.29, 0.717) is 0 Å². The summed E-state index contributed by atoms with van der Waals surface area (Å²) in [6.07, 6.45) is 5.73. The summed E-state index contributed by atoms with van der Waals surface area (Å²) < 4.78 is 7.50. The average Bonchev–Trinajstić information content (AvgIpc) is 3.15. The van der Waals surface area contributed by atoms with Crippen LogP contribution in [0.5, 0.6) is 0 Å². The molecule has 0 aliphatic carbocycles. The highest BCUT2D eigenvalue weighted by atomic mass is 127. The first-order valence-electron chi connectivity index (χ1n) is 10.5. The van der Waals surface area contributed by atoms with E-state index in [1.165, 1.54) is 36.8 Å². The van der Waals surface area contributed by atoms with Crippen LogP contribution in [0, 0.1) is 5.92 Å². The average molecular weight is 513 g/mol. The van der Waals surface area contributed by atoms with Gasteiger partial charge >= 0.3 is 0 Å². The summed E-state index contributed by atoms with van der Waals surface area (Å²) in [5.74, 6) is 1.64. The lowest BCUT2D eigenvalue weighted by atomic mass is 9.97. The number of halogens is 1. The van der Waals surface area contributed by atoms with E-state index in [0.717, 1.165) is 51.1 Å². The maximum atomic E-state index is 5.18. The third-order valence-electron chi connectivity index (χ3n) is 5.65. The van der Waals surface area contributed by atoms with Gasteiger partial charge in [-0.15, -0.1) is 24.0 Å². The Morgan fingerprint density at radius 2 is 1.93 bits per heavy atom. The van der Waals surface area contributed by atoms with E-state index < -0.39 is 0 Å². The summed E-state index contributed by atoms with van der Waals surface area (Å²) in [5, 5.41) is 8.27. The van der Waals surface area contributed by atoms with E-state index in [9.17, 15) is 0 Å². The van der Waals surface area contributed by atoms with Crippen LogP contribution in [-0.2, 0) is 11.3 Å². The Balaban J connectivity index is 0.00000300. The number of aryl methyl sites for hydroxylation is 1. The first-order valence-corrected chi connectivity index (χ1v) is 10.5. The van der Waals surface area contributed by atoms with Gasteiger partial charge in [0.1, 0.15) is 0 Å². The summed E-state index contributed by atoms with van der Waals surface area (Å²) in [4.78, 5) is 6.87. The van der Waals surface area contributed by atoms with Crippen molar-refractivity contribution >= 4 is 40.8 Å². The fraction of sp³-hybridized carbons (Fsp3) is 0.591. The Hall–Kier alpha value is -1.32. The molecular weight excluding hydrogens is 477 g/mol. The molecule has 29 heavy (non-hydrogen) atoms. The van der Waals surface area contributed by atoms with E-state index in [1.807, 2.05) is 7.05 Å². The third-order valence-corrected chi connectivity index (χ3v) is 5.65. The van der Waals surface area contributed by atoms with Gasteiger partial charge in [-0.2, -0.15) is 0 Å². The number of aromatic nitrogens is 1. The standard InChI is InChI=1S/C22H35N5O.HI/c1-23-22(25-18-19-8-13-26(14-9-19)16-17-28-2)24-11-5-12-27-15-10-20-6-3-4-7-21(20)27;/h3-4,6-7,10,15,19H,5,8-9,11-14,16-18H2,1-2H3,(H2,23,24,25);1H. The SMILES string of the molecule is CN=C(NCCCn1ccc2ccccc21)NCC1CCN(CCOC)CC1.I. The molecule has 1 aromatic carbocycles. The number of nitrogens with one attached hydrogen (secondary N) is 2. The molecule has 2 aromatic rings. The van der Waals surface area contributed by atoms with Crippen LogP contribution in [-0.4, -0.2) is 68.9 Å². The Morgan fingerprint density at radius 1 is 1.14 bits per heavy atom. The second-order valence-electron chi connectivity index (χ2n) is 7.58. The van der Waals surface area contributed by atoms with Gasteiger partial charge in [0.2, 0.25) is 0 Å². The smallest absolute Gasteiger partial charge is 0.190 e. The number of para-hydroxylation sites is 1. The highest BCUT2D eigenvalue weighted by molar-refractivity contribution is 14.0. The zero-order valence-electron chi connectivity index (χ0n) is 17.8. The maximum Gasteiger partial charge on any atom is 0.190 e. The second-order valence-corrected chi connectivity index (χ2v) is 7.58. The lowest BCUT2D eigenvalue weighted by molar-refractivity contribution is 0.121. The molecule has 0 radical (unpaired) electrons. The van der Waals surface area contributed by atoms with Gasteiger partial charge in [-0.05, 0) is 55.8 Å². The van der Waals surface area contributed by atoms with Gasteiger partial charge in [-0.3, -0.25) is 4.99 Å². The van der Waals surface area contributed by atoms with Crippen LogP contribution in [0.15, 0.2) is 41.5 Å². The zero-order valence-corrected chi connectivity index (χ0v) is 20.1. The Morgan fingerprint density at radius 3 is 2.69 bits per heavy atom. The minimum absolute atomic E-state index is 0. The number of guanidine groups is 1. The van der Waals surface area contributed by atoms with Crippen molar-refractivity contribution < 1.29 is 4.74 Å². The molecule has 0 atom stereocenters. The summed E-state index contributed by atoms with van der Waals surface area (Å²) >= 11 is 0. The maximum absolute atomic E-state index is 5.18. The van der Waals surface area contributed by atoms with E-state index in [-0.39, 0.29) is 24.0 Å². The highest BCUT2D eigenvalue weighted by Gasteiger charge is 2.18. The van der Waals surface area contributed by atoms with Gasteiger partial charge in [0, 0.05) is 52.1 Å².